The first-order chi connectivity index (χ1) is 16.3. The maximum absolute atomic E-state index is 14.7. The summed E-state index contributed by atoms with van der Waals surface area (Å²) in [6, 6.07) is 2.16. The Bertz CT molecular complexity index is 1310. The molecule has 1 aliphatic carbocycles. The first-order valence-electron chi connectivity index (χ1n) is 10.1. The number of hydrogen-bond donors (Lipinski definition) is 0. The van der Waals surface area contributed by atoms with Crippen LogP contribution in [0, 0.1) is 5.82 Å². The Balaban J connectivity index is 1.93. The van der Waals surface area contributed by atoms with Crippen LogP contribution in [0.2, 0.25) is 5.02 Å². The van der Waals surface area contributed by atoms with E-state index in [1.54, 1.807) is 0 Å². The molecule has 0 spiro atoms. The van der Waals surface area contributed by atoms with Gasteiger partial charge in [-0.15, -0.1) is 0 Å². The van der Waals surface area contributed by atoms with Gasteiger partial charge in [0, 0.05) is 38.9 Å². The number of rotatable bonds is 9. The zero-order valence-corrected chi connectivity index (χ0v) is 19.4. The molecule has 0 radical (unpaired) electrons. The van der Waals surface area contributed by atoms with Gasteiger partial charge in [0.25, 0.3) is 11.5 Å². The lowest BCUT2D eigenvalue weighted by Gasteiger charge is -2.19. The summed E-state index contributed by atoms with van der Waals surface area (Å²) in [5.41, 5.74) is -5.46. The fourth-order valence-corrected chi connectivity index (χ4v) is 3.35. The average molecular weight is 517 g/mol. The zero-order valence-electron chi connectivity index (χ0n) is 18.6. The molecule has 9 nitrogen and oxygen atoms in total. The van der Waals surface area contributed by atoms with E-state index in [1.165, 1.54) is 6.08 Å². The molecule has 0 unspecified atom stereocenters. The molecule has 3 rings (SSSR count). The molecule has 13 heteroatoms. The lowest BCUT2D eigenvalue weighted by Crippen LogP contribution is -2.41. The highest BCUT2D eigenvalue weighted by Gasteiger charge is 2.55. The van der Waals surface area contributed by atoms with E-state index in [1.807, 2.05) is 0 Å². The summed E-state index contributed by atoms with van der Waals surface area (Å²) in [6.45, 7) is 3.14. The Labute approximate surface area is 201 Å². The van der Waals surface area contributed by atoms with Gasteiger partial charge in [-0.25, -0.2) is 32.1 Å². The molecule has 1 aromatic heterocycles. The van der Waals surface area contributed by atoms with Crippen LogP contribution in [0.3, 0.4) is 0 Å². The molecule has 0 saturated heterocycles. The Hall–Kier alpha value is -3.54. The summed E-state index contributed by atoms with van der Waals surface area (Å²) >= 11 is 6.04. The molecule has 1 fully saturated rings. The number of hydrogen-bond acceptors (Lipinski definition) is 7. The molecule has 35 heavy (non-hydrogen) atoms. The molecule has 188 valence electrons. The molecule has 2 aromatic rings. The number of aromatic nitrogens is 2. The fraction of sp³-hybridized carbons (Fsp3) is 0.364. The van der Waals surface area contributed by atoms with Crippen molar-refractivity contribution < 1.29 is 37.0 Å². The largest absolute Gasteiger partial charge is 0.474 e. The molecular weight excluding hydrogens is 497 g/mol. The summed E-state index contributed by atoms with van der Waals surface area (Å²) in [4.78, 5) is 49.1. The van der Waals surface area contributed by atoms with E-state index in [4.69, 9.17) is 25.8 Å². The Kier molecular flexibility index (Phi) is 7.16. The topological polar surface area (TPSA) is 106 Å². The monoisotopic (exact) mass is 516 g/mol. The van der Waals surface area contributed by atoms with Crippen LogP contribution in [0.25, 0.3) is 5.69 Å². The number of alkyl halides is 2. The minimum atomic E-state index is -3.50. The van der Waals surface area contributed by atoms with Gasteiger partial charge in [-0.1, -0.05) is 24.3 Å². The van der Waals surface area contributed by atoms with Gasteiger partial charge >= 0.3 is 17.6 Å². The van der Waals surface area contributed by atoms with E-state index in [9.17, 15) is 32.3 Å². The highest BCUT2D eigenvalue weighted by Crippen LogP contribution is 2.44. The van der Waals surface area contributed by atoms with Crippen molar-refractivity contribution in [1.82, 2.24) is 9.13 Å². The van der Waals surface area contributed by atoms with Crippen molar-refractivity contribution in [3.8, 4) is 11.4 Å². The van der Waals surface area contributed by atoms with E-state index in [2.05, 4.69) is 6.58 Å². The second-order valence-electron chi connectivity index (χ2n) is 7.81. The fourth-order valence-electron chi connectivity index (χ4n) is 3.16. The first-order valence-corrected chi connectivity index (χ1v) is 10.5. The average Bonchev–Trinajstić information content (AvgIpc) is 3.56. The van der Waals surface area contributed by atoms with Gasteiger partial charge in [0.05, 0.1) is 16.4 Å². The van der Waals surface area contributed by atoms with Crippen LogP contribution in [-0.4, -0.2) is 39.9 Å². The second kappa shape index (κ2) is 9.61. The Morgan fingerprint density at radius 2 is 1.89 bits per heavy atom. The van der Waals surface area contributed by atoms with E-state index in [0.29, 0.717) is 22.1 Å². The SMILES string of the molecule is C=CCOC(=O)COC(=O)C1(Oc2cc(-n3c(=O)cc(C(C)(F)F)n(C)c3=O)c(F)cc2Cl)CC1. The van der Waals surface area contributed by atoms with Gasteiger partial charge in [-0.05, 0) is 6.07 Å². The number of ether oxygens (including phenoxy) is 3. The Morgan fingerprint density at radius 3 is 2.46 bits per heavy atom. The van der Waals surface area contributed by atoms with Gasteiger partial charge in [0.1, 0.15) is 18.2 Å². The van der Waals surface area contributed by atoms with Gasteiger partial charge in [-0.2, -0.15) is 0 Å². The molecule has 0 atom stereocenters. The molecular formula is C22H20ClF3N2O7. The van der Waals surface area contributed by atoms with Crippen LogP contribution in [0.1, 0.15) is 25.5 Å². The third kappa shape index (κ3) is 5.42. The van der Waals surface area contributed by atoms with Crippen LogP contribution in [0.15, 0.2) is 40.4 Å². The van der Waals surface area contributed by atoms with Crippen LogP contribution in [0.4, 0.5) is 13.2 Å². The maximum atomic E-state index is 14.7. The maximum Gasteiger partial charge on any atom is 0.351 e. The van der Waals surface area contributed by atoms with E-state index in [-0.39, 0.29) is 30.2 Å². The second-order valence-corrected chi connectivity index (χ2v) is 8.22. The number of carbonyl (C=O) groups is 2. The van der Waals surface area contributed by atoms with E-state index in [0.717, 1.165) is 19.2 Å². The van der Waals surface area contributed by atoms with E-state index >= 15 is 0 Å². The third-order valence-corrected chi connectivity index (χ3v) is 5.37. The van der Waals surface area contributed by atoms with Gasteiger partial charge in [0.15, 0.2) is 6.61 Å². The number of nitrogens with zero attached hydrogens (tertiary/aromatic N) is 2. The molecule has 1 aromatic carbocycles. The van der Waals surface area contributed by atoms with Crippen LogP contribution >= 0.6 is 11.6 Å². The Morgan fingerprint density at radius 1 is 1.23 bits per heavy atom. The molecule has 1 saturated carbocycles. The predicted octanol–water partition coefficient (Wildman–Crippen LogP) is 2.62. The summed E-state index contributed by atoms with van der Waals surface area (Å²) in [5, 5.41) is -0.294. The van der Waals surface area contributed by atoms with Crippen molar-refractivity contribution in [2.45, 2.75) is 31.3 Å². The van der Waals surface area contributed by atoms with E-state index < -0.39 is 58.5 Å². The number of carbonyl (C=O) groups excluding carboxylic acids is 2. The molecule has 1 heterocycles. The lowest BCUT2D eigenvalue weighted by molar-refractivity contribution is -0.164. The van der Waals surface area contributed by atoms with Crippen molar-refractivity contribution in [3.05, 3.63) is 68.2 Å². The number of benzene rings is 1. The van der Waals surface area contributed by atoms with Crippen LogP contribution in [0.5, 0.6) is 5.75 Å². The third-order valence-electron chi connectivity index (χ3n) is 5.08. The van der Waals surface area contributed by atoms with Crippen molar-refractivity contribution in [2.24, 2.45) is 7.05 Å². The van der Waals surface area contributed by atoms with Gasteiger partial charge in [0.2, 0.25) is 5.60 Å². The van der Waals surface area contributed by atoms with Crippen molar-refractivity contribution in [1.29, 1.82) is 0 Å². The van der Waals surface area contributed by atoms with Gasteiger partial charge < -0.3 is 14.2 Å². The summed E-state index contributed by atoms with van der Waals surface area (Å²) in [6.07, 6.45) is 1.69. The quantitative estimate of drug-likeness (QED) is 0.372. The standard InChI is InChI=1S/C22H20ClF3N2O7/c1-4-7-33-18(30)11-34-19(31)22(5-6-22)35-15-9-14(13(24)8-12(15)23)28-17(29)10-16(21(2,25)26)27(3)20(28)32/h4,8-10H,1,5-7,11H2,2-3H3. The first kappa shape index (κ1) is 26.1. The molecule has 0 aliphatic heterocycles. The molecule has 0 N–H and O–H groups in total. The highest BCUT2D eigenvalue weighted by molar-refractivity contribution is 6.32. The summed E-state index contributed by atoms with van der Waals surface area (Å²) < 4.78 is 58.3. The molecule has 0 amide bonds. The van der Waals surface area contributed by atoms with Crippen LogP contribution < -0.4 is 16.0 Å². The predicted molar refractivity (Wildman–Crippen MR) is 117 cm³/mol. The zero-order chi connectivity index (χ0) is 26.1. The smallest absolute Gasteiger partial charge is 0.351 e. The lowest BCUT2D eigenvalue weighted by atomic mass is 10.2. The van der Waals surface area contributed by atoms with Crippen LogP contribution in [-0.2, 0) is 32.0 Å². The minimum absolute atomic E-state index is 0.0678. The minimum Gasteiger partial charge on any atom is -0.474 e. The normalized spacial score (nSPS) is 14.2. The van der Waals surface area contributed by atoms with Gasteiger partial charge in [-0.3, -0.25) is 9.36 Å². The number of esters is 2. The van der Waals surface area contributed by atoms with Crippen molar-refractivity contribution in [3.63, 3.8) is 0 Å². The summed E-state index contributed by atoms with van der Waals surface area (Å²) in [7, 11) is 1.01. The summed E-state index contributed by atoms with van der Waals surface area (Å²) in [5.74, 6) is -6.61. The highest BCUT2D eigenvalue weighted by atomic mass is 35.5. The number of halogens is 4. The van der Waals surface area contributed by atoms with Crippen molar-refractivity contribution >= 4 is 23.5 Å². The molecule has 1 aliphatic rings. The van der Waals surface area contributed by atoms with Crippen molar-refractivity contribution in [2.75, 3.05) is 13.2 Å². The molecule has 0 bridgehead atoms.